The second kappa shape index (κ2) is 9.90. The number of carboxylic acid groups (broad SMARTS) is 1. The molecule has 0 spiro atoms. The molecule has 0 radical (unpaired) electrons. The zero-order valence-electron chi connectivity index (χ0n) is 18.6. The number of halogens is 3. The molecule has 0 saturated carbocycles. The first-order valence-electron chi connectivity index (χ1n) is 10.4. The maximum absolute atomic E-state index is 15.0. The van der Waals surface area contributed by atoms with E-state index in [4.69, 9.17) is 0 Å². The molecule has 3 N–H and O–H groups in total. The van der Waals surface area contributed by atoms with Crippen LogP contribution in [0.1, 0.15) is 40.1 Å². The Hall–Kier alpha value is -2.31. The van der Waals surface area contributed by atoms with Crippen LogP contribution in [0, 0.1) is 22.1 Å². The van der Waals surface area contributed by atoms with Crippen molar-refractivity contribution >= 4 is 45.8 Å². The average Bonchev–Trinajstić information content (AvgIpc) is 2.72. The molecule has 0 atom stereocenters. The van der Waals surface area contributed by atoms with Gasteiger partial charge >= 0.3 is 5.97 Å². The number of carboxylic acids is 1. The normalized spacial score (nSPS) is 14.9. The lowest BCUT2D eigenvalue weighted by atomic mass is 10.0. The number of aromatic carboxylic acids is 1. The molecular weight excluding hydrogens is 547 g/mol. The monoisotopic (exact) mass is 573 g/mol. The number of nitrogens with one attached hydrogen (secondary N) is 1. The van der Waals surface area contributed by atoms with Gasteiger partial charge in [0, 0.05) is 42.0 Å². The van der Waals surface area contributed by atoms with Crippen molar-refractivity contribution in [1.29, 1.82) is 0 Å². The van der Waals surface area contributed by atoms with Crippen molar-refractivity contribution in [2.24, 2.45) is 0 Å². The minimum absolute atomic E-state index is 0.250. The van der Waals surface area contributed by atoms with Gasteiger partial charge in [0.25, 0.3) is 5.91 Å². The molecule has 0 aromatic heterocycles. The van der Waals surface area contributed by atoms with Crippen LogP contribution in [0.2, 0.25) is 0 Å². The van der Waals surface area contributed by atoms with Gasteiger partial charge in [-0.25, -0.2) is 13.6 Å². The lowest BCUT2D eigenvalue weighted by molar-refractivity contribution is 0.0177. The van der Waals surface area contributed by atoms with E-state index in [1.165, 1.54) is 4.90 Å². The summed E-state index contributed by atoms with van der Waals surface area (Å²) in [7, 11) is 0. The first-order valence-corrected chi connectivity index (χ1v) is 11.5. The first kappa shape index (κ1) is 25.3. The van der Waals surface area contributed by atoms with Crippen molar-refractivity contribution in [3.63, 3.8) is 0 Å². The van der Waals surface area contributed by atoms with Crippen molar-refractivity contribution in [1.82, 2.24) is 9.80 Å². The molecule has 0 aliphatic carbocycles. The minimum atomic E-state index is -1.48. The van der Waals surface area contributed by atoms with E-state index in [2.05, 4.69) is 27.9 Å². The standard InChI is InChI=1S/C23H26F2IN3O4/c1-13-10-14(26)4-5-17(13)27-20-16(22(31)32)11-15(18(24)19(20)25)21(30)29-8-6-28(7-9-29)12-23(2,3)33/h4-5,10-11,27,33H,6-9,12H2,1-3H3,(H,31,32). The Labute approximate surface area is 204 Å². The van der Waals surface area contributed by atoms with Crippen LogP contribution in [0.5, 0.6) is 0 Å². The van der Waals surface area contributed by atoms with Crippen LogP contribution in [0.15, 0.2) is 24.3 Å². The van der Waals surface area contributed by atoms with Crippen LogP contribution >= 0.6 is 22.6 Å². The smallest absolute Gasteiger partial charge is 0.337 e. The van der Waals surface area contributed by atoms with E-state index in [0.29, 0.717) is 25.3 Å². The zero-order valence-corrected chi connectivity index (χ0v) is 20.7. The second-order valence-electron chi connectivity index (χ2n) is 8.74. The van der Waals surface area contributed by atoms with Crippen LogP contribution in [0.25, 0.3) is 0 Å². The van der Waals surface area contributed by atoms with E-state index in [9.17, 15) is 24.2 Å². The largest absolute Gasteiger partial charge is 0.478 e. The summed E-state index contributed by atoms with van der Waals surface area (Å²) in [6.45, 7) is 6.95. The summed E-state index contributed by atoms with van der Waals surface area (Å²) in [4.78, 5) is 28.1. The number of piperazine rings is 1. The van der Waals surface area contributed by atoms with Gasteiger partial charge in [0.1, 0.15) is 0 Å². The molecule has 7 nitrogen and oxygen atoms in total. The van der Waals surface area contributed by atoms with E-state index >= 15 is 4.39 Å². The molecule has 178 valence electrons. The zero-order chi connectivity index (χ0) is 24.5. The average molecular weight is 573 g/mol. The number of hydrogen-bond acceptors (Lipinski definition) is 5. The van der Waals surface area contributed by atoms with Gasteiger partial charge < -0.3 is 20.4 Å². The molecule has 1 heterocycles. The molecule has 33 heavy (non-hydrogen) atoms. The maximum atomic E-state index is 15.0. The number of aliphatic hydroxyl groups is 1. The van der Waals surface area contributed by atoms with E-state index in [-0.39, 0.29) is 13.1 Å². The highest BCUT2D eigenvalue weighted by Crippen LogP contribution is 2.31. The van der Waals surface area contributed by atoms with Crippen LogP contribution < -0.4 is 5.32 Å². The summed E-state index contributed by atoms with van der Waals surface area (Å²) in [5, 5.41) is 22.3. The summed E-state index contributed by atoms with van der Waals surface area (Å²) >= 11 is 2.11. The Morgan fingerprint density at radius 3 is 2.27 bits per heavy atom. The van der Waals surface area contributed by atoms with Crippen molar-refractivity contribution in [2.75, 3.05) is 38.0 Å². The number of aryl methyl sites for hydroxylation is 1. The molecule has 1 amide bonds. The number of β-amino-alcohol motifs (C(OH)–C–C–N with tert-alkyl or cyclic N) is 1. The molecule has 1 aliphatic rings. The molecule has 1 saturated heterocycles. The third-order valence-electron chi connectivity index (χ3n) is 5.39. The van der Waals surface area contributed by atoms with Gasteiger partial charge in [-0.05, 0) is 73.2 Å². The molecule has 0 unspecified atom stereocenters. The van der Waals surface area contributed by atoms with Gasteiger partial charge in [-0.3, -0.25) is 9.69 Å². The summed E-state index contributed by atoms with van der Waals surface area (Å²) in [6, 6.07) is 6.09. The fourth-order valence-electron chi connectivity index (χ4n) is 3.80. The number of carbonyl (C=O) groups is 2. The van der Waals surface area contributed by atoms with Crippen LogP contribution in [0.3, 0.4) is 0 Å². The molecule has 1 fully saturated rings. The van der Waals surface area contributed by atoms with Crippen molar-refractivity contribution in [3.05, 3.63) is 56.2 Å². The molecule has 0 bridgehead atoms. The molecule has 2 aromatic rings. The fraction of sp³-hybridized carbons (Fsp3) is 0.391. The third kappa shape index (κ3) is 5.98. The number of rotatable bonds is 6. The first-order chi connectivity index (χ1) is 15.4. The number of anilines is 2. The SMILES string of the molecule is Cc1cc(I)ccc1Nc1c(C(=O)O)cc(C(=O)N2CCN(CC(C)(C)O)CC2)c(F)c1F. The fourth-order valence-corrected chi connectivity index (χ4v) is 4.45. The Balaban J connectivity index is 1.88. The molecule has 2 aromatic carbocycles. The highest BCUT2D eigenvalue weighted by molar-refractivity contribution is 14.1. The number of amides is 1. The summed E-state index contributed by atoms with van der Waals surface area (Å²) in [5.41, 5.74) is -1.42. The van der Waals surface area contributed by atoms with Gasteiger partial charge in [-0.15, -0.1) is 0 Å². The summed E-state index contributed by atoms with van der Waals surface area (Å²) in [5.74, 6) is -5.07. The Kier molecular flexibility index (Phi) is 7.59. The highest BCUT2D eigenvalue weighted by atomic mass is 127. The third-order valence-corrected chi connectivity index (χ3v) is 6.06. The Morgan fingerprint density at radius 1 is 1.09 bits per heavy atom. The molecule has 3 rings (SSSR count). The molecule has 10 heteroatoms. The van der Waals surface area contributed by atoms with E-state index in [1.807, 2.05) is 11.0 Å². The van der Waals surface area contributed by atoms with Crippen molar-refractivity contribution < 1.29 is 28.6 Å². The molecular formula is C23H26F2IN3O4. The maximum Gasteiger partial charge on any atom is 0.337 e. The van der Waals surface area contributed by atoms with Gasteiger partial charge in [0.15, 0.2) is 11.6 Å². The molecule has 1 aliphatic heterocycles. The van der Waals surface area contributed by atoms with Gasteiger partial charge in [-0.1, -0.05) is 0 Å². The highest BCUT2D eigenvalue weighted by Gasteiger charge is 2.31. The Bertz CT molecular complexity index is 1080. The van der Waals surface area contributed by atoms with E-state index in [1.54, 1.807) is 32.9 Å². The quantitative estimate of drug-likeness (QED) is 0.455. The van der Waals surface area contributed by atoms with E-state index < -0.39 is 45.9 Å². The van der Waals surface area contributed by atoms with Gasteiger partial charge in [0.2, 0.25) is 0 Å². The lowest BCUT2D eigenvalue weighted by Crippen LogP contribution is -2.52. The summed E-state index contributed by atoms with van der Waals surface area (Å²) in [6.07, 6.45) is 0. The van der Waals surface area contributed by atoms with Gasteiger partial charge in [0.05, 0.1) is 22.4 Å². The second-order valence-corrected chi connectivity index (χ2v) is 9.99. The van der Waals surface area contributed by atoms with E-state index in [0.717, 1.165) is 15.2 Å². The van der Waals surface area contributed by atoms with Gasteiger partial charge in [-0.2, -0.15) is 0 Å². The van der Waals surface area contributed by atoms with Crippen molar-refractivity contribution in [3.8, 4) is 0 Å². The minimum Gasteiger partial charge on any atom is -0.478 e. The predicted molar refractivity (Wildman–Crippen MR) is 129 cm³/mol. The Morgan fingerprint density at radius 2 is 1.73 bits per heavy atom. The predicted octanol–water partition coefficient (Wildman–Crippen LogP) is 3.85. The summed E-state index contributed by atoms with van der Waals surface area (Å²) < 4.78 is 31.0. The number of benzene rings is 2. The number of carbonyl (C=O) groups excluding carboxylic acids is 1. The lowest BCUT2D eigenvalue weighted by Gasteiger charge is -2.37. The van der Waals surface area contributed by atoms with Crippen molar-refractivity contribution in [2.45, 2.75) is 26.4 Å². The number of nitrogens with zero attached hydrogens (tertiary/aromatic N) is 2. The number of hydrogen-bond donors (Lipinski definition) is 3. The van der Waals surface area contributed by atoms with Crippen LogP contribution in [-0.2, 0) is 0 Å². The van der Waals surface area contributed by atoms with Crippen LogP contribution in [-0.4, -0.2) is 70.2 Å². The van der Waals surface area contributed by atoms with Crippen LogP contribution in [0.4, 0.5) is 20.2 Å². The topological polar surface area (TPSA) is 93.1 Å².